The summed E-state index contributed by atoms with van der Waals surface area (Å²) in [7, 11) is 0. The Labute approximate surface area is 115 Å². The van der Waals surface area contributed by atoms with E-state index in [4.69, 9.17) is 0 Å². The van der Waals surface area contributed by atoms with Gasteiger partial charge in [0.15, 0.2) is 0 Å². The van der Waals surface area contributed by atoms with Crippen LogP contribution in [0, 0.1) is 12.8 Å². The second kappa shape index (κ2) is 6.19. The molecular formula is C14H24N4O. The SMILES string of the molecule is CCNc1nc(CC)nc(N2CCC(CO)C2)c1C. The topological polar surface area (TPSA) is 61.3 Å². The standard InChI is InChI=1S/C14H24N4O/c1-4-12-16-13(15-5-2)10(3)14(17-12)18-7-6-11(8-18)9-19/h11,19H,4-9H2,1-3H3,(H,15,16,17). The van der Waals surface area contributed by atoms with Crippen LogP contribution in [0.5, 0.6) is 0 Å². The van der Waals surface area contributed by atoms with Crippen molar-refractivity contribution in [1.29, 1.82) is 0 Å². The number of hydrogen-bond acceptors (Lipinski definition) is 5. The molecule has 1 aromatic rings. The Morgan fingerprint density at radius 3 is 2.74 bits per heavy atom. The van der Waals surface area contributed by atoms with Crippen molar-refractivity contribution < 1.29 is 5.11 Å². The molecule has 1 aromatic heterocycles. The summed E-state index contributed by atoms with van der Waals surface area (Å²) in [5, 5.41) is 12.6. The first kappa shape index (κ1) is 14.1. The highest BCUT2D eigenvalue weighted by molar-refractivity contribution is 5.59. The number of hydrogen-bond donors (Lipinski definition) is 2. The summed E-state index contributed by atoms with van der Waals surface area (Å²) in [5.41, 5.74) is 1.11. The van der Waals surface area contributed by atoms with Crippen molar-refractivity contribution in [1.82, 2.24) is 9.97 Å². The molecule has 0 bridgehead atoms. The van der Waals surface area contributed by atoms with Crippen molar-refractivity contribution in [2.45, 2.75) is 33.6 Å². The van der Waals surface area contributed by atoms with Crippen LogP contribution in [0.4, 0.5) is 11.6 Å². The molecule has 106 valence electrons. The number of aliphatic hydroxyl groups excluding tert-OH is 1. The van der Waals surface area contributed by atoms with Crippen LogP contribution >= 0.6 is 0 Å². The lowest BCUT2D eigenvalue weighted by atomic mass is 10.1. The number of nitrogens with one attached hydrogen (secondary N) is 1. The summed E-state index contributed by atoms with van der Waals surface area (Å²) in [5.74, 6) is 3.22. The normalized spacial score (nSPS) is 18.9. The fraction of sp³-hybridized carbons (Fsp3) is 0.714. The predicted molar refractivity (Wildman–Crippen MR) is 77.7 cm³/mol. The highest BCUT2D eigenvalue weighted by atomic mass is 16.3. The molecule has 1 fully saturated rings. The molecule has 1 saturated heterocycles. The lowest BCUT2D eigenvalue weighted by Crippen LogP contribution is -2.24. The van der Waals surface area contributed by atoms with E-state index in [1.165, 1.54) is 0 Å². The van der Waals surface area contributed by atoms with Gasteiger partial charge in [-0.25, -0.2) is 9.97 Å². The maximum atomic E-state index is 9.27. The number of nitrogens with zero attached hydrogens (tertiary/aromatic N) is 3. The van der Waals surface area contributed by atoms with E-state index in [2.05, 4.69) is 41.0 Å². The first-order valence-electron chi connectivity index (χ1n) is 7.16. The molecule has 1 unspecified atom stereocenters. The summed E-state index contributed by atoms with van der Waals surface area (Å²) in [4.78, 5) is 11.5. The summed E-state index contributed by atoms with van der Waals surface area (Å²) in [6.45, 7) is 9.20. The number of aromatic nitrogens is 2. The molecule has 0 aromatic carbocycles. The van der Waals surface area contributed by atoms with Gasteiger partial charge in [0.05, 0.1) is 0 Å². The minimum atomic E-state index is 0.265. The van der Waals surface area contributed by atoms with Crippen molar-refractivity contribution in [3.05, 3.63) is 11.4 Å². The van der Waals surface area contributed by atoms with E-state index in [9.17, 15) is 5.11 Å². The van der Waals surface area contributed by atoms with Gasteiger partial charge in [-0.05, 0) is 20.3 Å². The highest BCUT2D eigenvalue weighted by Crippen LogP contribution is 2.28. The van der Waals surface area contributed by atoms with Crippen LogP contribution in [0.1, 0.15) is 31.7 Å². The van der Waals surface area contributed by atoms with Crippen LogP contribution in [0.25, 0.3) is 0 Å². The monoisotopic (exact) mass is 264 g/mol. The first-order valence-corrected chi connectivity index (χ1v) is 7.16. The Balaban J connectivity index is 2.30. The van der Waals surface area contributed by atoms with Gasteiger partial charge in [0.25, 0.3) is 0 Å². The van der Waals surface area contributed by atoms with Crippen LogP contribution in [0.15, 0.2) is 0 Å². The van der Waals surface area contributed by atoms with E-state index in [-0.39, 0.29) is 6.61 Å². The molecule has 1 aliphatic rings. The largest absolute Gasteiger partial charge is 0.396 e. The van der Waals surface area contributed by atoms with E-state index in [1.807, 2.05) is 0 Å². The predicted octanol–water partition coefficient (Wildman–Crippen LogP) is 1.60. The van der Waals surface area contributed by atoms with Gasteiger partial charge in [0.1, 0.15) is 17.5 Å². The van der Waals surface area contributed by atoms with Gasteiger partial charge in [0, 0.05) is 44.1 Å². The lowest BCUT2D eigenvalue weighted by Gasteiger charge is -2.22. The van der Waals surface area contributed by atoms with Gasteiger partial charge >= 0.3 is 0 Å². The molecule has 1 atom stereocenters. The summed E-state index contributed by atoms with van der Waals surface area (Å²) >= 11 is 0. The molecule has 0 amide bonds. The van der Waals surface area contributed by atoms with Crippen molar-refractivity contribution in [3.63, 3.8) is 0 Å². The van der Waals surface area contributed by atoms with Crippen LogP contribution in [0.3, 0.4) is 0 Å². The number of anilines is 2. The Kier molecular flexibility index (Phi) is 4.58. The number of aliphatic hydroxyl groups is 1. The van der Waals surface area contributed by atoms with E-state index in [1.54, 1.807) is 0 Å². The molecule has 0 saturated carbocycles. The third-order valence-electron chi connectivity index (χ3n) is 3.67. The molecule has 2 rings (SSSR count). The molecule has 2 N–H and O–H groups in total. The Morgan fingerprint density at radius 1 is 1.37 bits per heavy atom. The molecule has 5 nitrogen and oxygen atoms in total. The minimum absolute atomic E-state index is 0.265. The minimum Gasteiger partial charge on any atom is -0.396 e. The quantitative estimate of drug-likeness (QED) is 0.846. The van der Waals surface area contributed by atoms with Gasteiger partial charge in [0.2, 0.25) is 0 Å². The zero-order chi connectivity index (χ0) is 13.8. The first-order chi connectivity index (χ1) is 9.19. The van der Waals surface area contributed by atoms with Crippen LogP contribution in [0.2, 0.25) is 0 Å². The van der Waals surface area contributed by atoms with Crippen molar-refractivity contribution in [2.24, 2.45) is 5.92 Å². The Bertz CT molecular complexity index is 436. The molecule has 0 spiro atoms. The number of rotatable bonds is 5. The van der Waals surface area contributed by atoms with E-state index < -0.39 is 0 Å². The second-order valence-electron chi connectivity index (χ2n) is 5.10. The van der Waals surface area contributed by atoms with Crippen molar-refractivity contribution >= 4 is 11.6 Å². The molecule has 0 aliphatic carbocycles. The molecule has 1 aliphatic heterocycles. The van der Waals surface area contributed by atoms with Gasteiger partial charge < -0.3 is 15.3 Å². The zero-order valence-electron chi connectivity index (χ0n) is 12.1. The average Bonchev–Trinajstić information content (AvgIpc) is 2.90. The number of aryl methyl sites for hydroxylation is 1. The van der Waals surface area contributed by atoms with Gasteiger partial charge in [-0.2, -0.15) is 0 Å². The Morgan fingerprint density at radius 2 is 2.16 bits per heavy atom. The highest BCUT2D eigenvalue weighted by Gasteiger charge is 2.25. The lowest BCUT2D eigenvalue weighted by molar-refractivity contribution is 0.238. The maximum Gasteiger partial charge on any atom is 0.137 e. The van der Waals surface area contributed by atoms with Crippen LogP contribution in [-0.4, -0.2) is 41.3 Å². The average molecular weight is 264 g/mol. The molecular weight excluding hydrogens is 240 g/mol. The van der Waals surface area contributed by atoms with Crippen molar-refractivity contribution in [3.8, 4) is 0 Å². The summed E-state index contributed by atoms with van der Waals surface area (Å²) < 4.78 is 0. The second-order valence-corrected chi connectivity index (χ2v) is 5.10. The smallest absolute Gasteiger partial charge is 0.137 e. The summed E-state index contributed by atoms with van der Waals surface area (Å²) in [6.07, 6.45) is 1.88. The zero-order valence-corrected chi connectivity index (χ0v) is 12.1. The van der Waals surface area contributed by atoms with Gasteiger partial charge in [-0.1, -0.05) is 6.92 Å². The molecule has 0 radical (unpaired) electrons. The maximum absolute atomic E-state index is 9.27. The van der Waals surface area contributed by atoms with Crippen molar-refractivity contribution in [2.75, 3.05) is 36.5 Å². The van der Waals surface area contributed by atoms with Crippen LogP contribution < -0.4 is 10.2 Å². The van der Waals surface area contributed by atoms with E-state index >= 15 is 0 Å². The van der Waals surface area contributed by atoms with Crippen LogP contribution in [-0.2, 0) is 6.42 Å². The molecule has 19 heavy (non-hydrogen) atoms. The third kappa shape index (κ3) is 2.97. The van der Waals surface area contributed by atoms with Gasteiger partial charge in [-0.15, -0.1) is 0 Å². The molecule has 2 heterocycles. The van der Waals surface area contributed by atoms with E-state index in [0.717, 1.165) is 55.5 Å². The fourth-order valence-electron chi connectivity index (χ4n) is 2.53. The summed E-state index contributed by atoms with van der Waals surface area (Å²) in [6, 6.07) is 0. The third-order valence-corrected chi connectivity index (χ3v) is 3.67. The van der Waals surface area contributed by atoms with Gasteiger partial charge in [-0.3, -0.25) is 0 Å². The molecule has 5 heteroatoms. The van der Waals surface area contributed by atoms with E-state index in [0.29, 0.717) is 5.92 Å². The fourth-order valence-corrected chi connectivity index (χ4v) is 2.53. The Hall–Kier alpha value is -1.36.